The number of nitrogens with zero attached hydrogens (tertiary/aromatic N) is 4. The van der Waals surface area contributed by atoms with Crippen LogP contribution in [-0.2, 0) is 6.18 Å². The molecule has 2 fully saturated rings. The second kappa shape index (κ2) is 9.62. The summed E-state index contributed by atoms with van der Waals surface area (Å²) in [5.74, 6) is -0.787. The van der Waals surface area contributed by atoms with Crippen LogP contribution in [0.4, 0.5) is 23.4 Å². The predicted molar refractivity (Wildman–Crippen MR) is 124 cm³/mol. The maximum Gasteiger partial charge on any atom is 0.419 e. The number of halogens is 4. The summed E-state index contributed by atoms with van der Waals surface area (Å²) in [5, 5.41) is 9.43. The topological polar surface area (TPSA) is 64.9 Å². The molecule has 0 spiro atoms. The Hall–Kier alpha value is -2.91. The lowest BCUT2D eigenvalue weighted by molar-refractivity contribution is -0.140. The minimum absolute atomic E-state index is 0.128. The lowest BCUT2D eigenvalue weighted by atomic mass is 9.93. The molecule has 0 amide bonds. The molecular weight excluding hydrogens is 462 g/mol. The van der Waals surface area contributed by atoms with Gasteiger partial charge in [0.05, 0.1) is 22.8 Å². The van der Waals surface area contributed by atoms with Crippen molar-refractivity contribution in [1.29, 1.82) is 0 Å². The van der Waals surface area contributed by atoms with Crippen molar-refractivity contribution in [2.75, 3.05) is 11.9 Å². The third-order valence-corrected chi connectivity index (χ3v) is 7.15. The number of alkyl halides is 3. The second-order valence-electron chi connectivity index (χ2n) is 9.45. The van der Waals surface area contributed by atoms with Gasteiger partial charge in [0.25, 0.3) is 5.88 Å². The highest BCUT2D eigenvalue weighted by Crippen LogP contribution is 2.40. The van der Waals surface area contributed by atoms with Gasteiger partial charge in [-0.3, -0.25) is 4.68 Å². The molecule has 2 saturated carbocycles. The lowest BCUT2D eigenvalue weighted by Gasteiger charge is -2.29. The minimum Gasteiger partial charge on any atom is -0.472 e. The van der Waals surface area contributed by atoms with Gasteiger partial charge in [-0.2, -0.15) is 18.3 Å². The number of nitrogens with one attached hydrogen (secondary N) is 1. The minimum atomic E-state index is -4.79. The Balaban J connectivity index is 1.35. The molecular formula is C25H29F4N5O. The number of anilines is 1. The molecule has 0 saturated heterocycles. The van der Waals surface area contributed by atoms with Gasteiger partial charge < -0.3 is 10.1 Å². The van der Waals surface area contributed by atoms with Crippen molar-refractivity contribution in [1.82, 2.24) is 19.7 Å². The summed E-state index contributed by atoms with van der Waals surface area (Å²) in [6.45, 7) is 2.79. The maximum absolute atomic E-state index is 14.4. The molecule has 3 aromatic rings. The van der Waals surface area contributed by atoms with E-state index in [0.29, 0.717) is 24.8 Å². The average Bonchev–Trinajstić information content (AvgIpc) is 3.48. The highest BCUT2D eigenvalue weighted by Gasteiger charge is 2.37. The highest BCUT2D eigenvalue weighted by atomic mass is 19.4. The Bertz CT molecular complexity index is 1180. The number of rotatable bonds is 6. The van der Waals surface area contributed by atoms with Gasteiger partial charge in [0.15, 0.2) is 5.82 Å². The van der Waals surface area contributed by atoms with Gasteiger partial charge in [0.2, 0.25) is 0 Å². The van der Waals surface area contributed by atoms with Crippen molar-refractivity contribution in [3.8, 4) is 5.88 Å². The molecule has 0 aromatic carbocycles. The van der Waals surface area contributed by atoms with Crippen LogP contribution in [0.1, 0.15) is 81.5 Å². The molecule has 3 aromatic heterocycles. The predicted octanol–water partition coefficient (Wildman–Crippen LogP) is 6.64. The third-order valence-electron chi connectivity index (χ3n) is 7.15. The standard InChI is InChI=1S/C25H29F4N5O/c1-2-30-21-13-20-18(14-32-21)23(15-5-3-4-6-15)33-34(20)16-7-9-17(10-8-16)35-24-22(26)19(11-12-31-24)25(27,28)29/h11-17H,2-10H2,1H3,(H,30,32). The third kappa shape index (κ3) is 4.79. The summed E-state index contributed by atoms with van der Waals surface area (Å²) >= 11 is 0. The molecule has 35 heavy (non-hydrogen) atoms. The number of hydrogen-bond acceptors (Lipinski definition) is 5. The Labute approximate surface area is 201 Å². The van der Waals surface area contributed by atoms with Crippen LogP contribution in [0.15, 0.2) is 24.5 Å². The van der Waals surface area contributed by atoms with Gasteiger partial charge in [0, 0.05) is 36.3 Å². The largest absolute Gasteiger partial charge is 0.472 e. The van der Waals surface area contributed by atoms with Gasteiger partial charge in [-0.05, 0) is 51.5 Å². The van der Waals surface area contributed by atoms with E-state index in [-0.39, 0.29) is 6.04 Å². The molecule has 5 rings (SSSR count). The van der Waals surface area contributed by atoms with E-state index in [1.807, 2.05) is 13.1 Å². The first-order chi connectivity index (χ1) is 16.8. The van der Waals surface area contributed by atoms with Gasteiger partial charge in [-0.25, -0.2) is 14.4 Å². The molecule has 0 bridgehead atoms. The number of pyridine rings is 2. The summed E-state index contributed by atoms with van der Waals surface area (Å²) in [5.41, 5.74) is 0.804. The first-order valence-electron chi connectivity index (χ1n) is 12.4. The van der Waals surface area contributed by atoms with E-state index in [9.17, 15) is 17.6 Å². The molecule has 0 aliphatic heterocycles. The first-order valence-corrected chi connectivity index (χ1v) is 12.4. The summed E-state index contributed by atoms with van der Waals surface area (Å²) in [6, 6.07) is 2.80. The van der Waals surface area contributed by atoms with Crippen LogP contribution in [0.25, 0.3) is 10.9 Å². The normalized spacial score (nSPS) is 21.5. The van der Waals surface area contributed by atoms with Crippen molar-refractivity contribution < 1.29 is 22.3 Å². The van der Waals surface area contributed by atoms with Crippen molar-refractivity contribution in [3.63, 3.8) is 0 Å². The Morgan fingerprint density at radius 3 is 2.51 bits per heavy atom. The van der Waals surface area contributed by atoms with E-state index in [0.717, 1.165) is 60.8 Å². The molecule has 2 aliphatic carbocycles. The highest BCUT2D eigenvalue weighted by molar-refractivity contribution is 5.84. The van der Waals surface area contributed by atoms with Crippen molar-refractivity contribution in [2.45, 2.75) is 82.5 Å². The van der Waals surface area contributed by atoms with Crippen LogP contribution in [0.2, 0.25) is 0 Å². The molecule has 1 N–H and O–H groups in total. The second-order valence-corrected chi connectivity index (χ2v) is 9.45. The van der Waals surface area contributed by atoms with Gasteiger partial charge in [-0.15, -0.1) is 0 Å². The summed E-state index contributed by atoms with van der Waals surface area (Å²) in [7, 11) is 0. The van der Waals surface area contributed by atoms with Gasteiger partial charge >= 0.3 is 6.18 Å². The SMILES string of the molecule is CCNc1cc2c(cn1)c(C1CCCC1)nn2C1CCC(Oc2nccc(C(F)(F)F)c2F)CC1. The summed E-state index contributed by atoms with van der Waals surface area (Å²) in [6.07, 6.45) is 4.97. The van der Waals surface area contributed by atoms with Crippen LogP contribution in [0.3, 0.4) is 0 Å². The first kappa shape index (κ1) is 23.8. The molecule has 0 atom stereocenters. The van der Waals surface area contributed by atoms with Crippen LogP contribution in [0, 0.1) is 5.82 Å². The monoisotopic (exact) mass is 491 g/mol. The van der Waals surface area contributed by atoms with Crippen LogP contribution < -0.4 is 10.1 Å². The van der Waals surface area contributed by atoms with Crippen molar-refractivity contribution >= 4 is 16.7 Å². The fourth-order valence-corrected chi connectivity index (χ4v) is 5.40. The van der Waals surface area contributed by atoms with Crippen molar-refractivity contribution in [3.05, 3.63) is 41.6 Å². The fraction of sp³-hybridized carbons (Fsp3) is 0.560. The lowest BCUT2D eigenvalue weighted by Crippen LogP contribution is -2.27. The molecule has 2 aliphatic rings. The molecule has 3 heterocycles. The zero-order chi connectivity index (χ0) is 24.6. The van der Waals surface area contributed by atoms with E-state index in [1.165, 1.54) is 12.8 Å². The zero-order valence-corrected chi connectivity index (χ0v) is 19.6. The van der Waals surface area contributed by atoms with E-state index in [4.69, 9.17) is 9.84 Å². The maximum atomic E-state index is 14.4. The Morgan fingerprint density at radius 2 is 1.83 bits per heavy atom. The van der Waals surface area contributed by atoms with Crippen LogP contribution in [0.5, 0.6) is 5.88 Å². The number of fused-ring (bicyclic) bond motifs is 1. The number of ether oxygens (including phenoxy) is 1. The van der Waals surface area contributed by atoms with Crippen LogP contribution >= 0.6 is 0 Å². The van der Waals surface area contributed by atoms with Gasteiger partial charge in [0.1, 0.15) is 11.9 Å². The Morgan fingerprint density at radius 1 is 1.09 bits per heavy atom. The van der Waals surface area contributed by atoms with E-state index in [1.54, 1.807) is 0 Å². The van der Waals surface area contributed by atoms with E-state index < -0.39 is 29.5 Å². The smallest absolute Gasteiger partial charge is 0.419 e. The molecule has 10 heteroatoms. The van der Waals surface area contributed by atoms with Crippen molar-refractivity contribution in [2.24, 2.45) is 0 Å². The van der Waals surface area contributed by atoms with Gasteiger partial charge in [-0.1, -0.05) is 12.8 Å². The molecule has 0 radical (unpaired) electrons. The Kier molecular flexibility index (Phi) is 6.55. The quantitative estimate of drug-likeness (QED) is 0.392. The van der Waals surface area contributed by atoms with E-state index in [2.05, 4.69) is 26.0 Å². The fourth-order valence-electron chi connectivity index (χ4n) is 5.40. The summed E-state index contributed by atoms with van der Waals surface area (Å²) < 4.78 is 61.1. The summed E-state index contributed by atoms with van der Waals surface area (Å²) in [4.78, 5) is 8.28. The van der Waals surface area contributed by atoms with Crippen LogP contribution in [-0.4, -0.2) is 32.4 Å². The number of hydrogen-bond donors (Lipinski definition) is 1. The van der Waals surface area contributed by atoms with E-state index >= 15 is 0 Å². The average molecular weight is 492 g/mol. The molecule has 6 nitrogen and oxygen atoms in total. The number of aromatic nitrogens is 4. The molecule has 0 unspecified atom stereocenters. The molecule has 188 valence electrons. The zero-order valence-electron chi connectivity index (χ0n) is 19.6.